The van der Waals surface area contributed by atoms with Crippen LogP contribution in [0, 0.1) is 6.92 Å². The molecular formula is C18H25N3. The summed E-state index contributed by atoms with van der Waals surface area (Å²) in [5.74, 6) is 0. The highest BCUT2D eigenvalue weighted by Gasteiger charge is 2.31. The van der Waals surface area contributed by atoms with Crippen molar-refractivity contribution < 1.29 is 0 Å². The summed E-state index contributed by atoms with van der Waals surface area (Å²) in [5, 5.41) is 1.21. The second kappa shape index (κ2) is 5.74. The number of aromatic nitrogens is 1. The van der Waals surface area contributed by atoms with Gasteiger partial charge in [-0.05, 0) is 63.9 Å². The van der Waals surface area contributed by atoms with E-state index < -0.39 is 0 Å². The van der Waals surface area contributed by atoms with Crippen LogP contribution in [0.1, 0.15) is 44.0 Å². The monoisotopic (exact) mass is 283 g/mol. The molecule has 1 fully saturated rings. The molecule has 3 heteroatoms. The number of likely N-dealkylation sites (tertiary alicyclic amines) is 1. The molecule has 2 atom stereocenters. The Labute approximate surface area is 127 Å². The standard InChI is InChI=1S/C18H25N3/c1-12(2)21-10-4-5-16(19)18(21)15-8-9-17-14(11-15)7-6-13(3)20-17/h6-9,11-12,16,18H,4-5,10,19H2,1-3H3. The van der Waals surface area contributed by atoms with E-state index in [0.717, 1.165) is 24.2 Å². The zero-order chi connectivity index (χ0) is 15.0. The molecule has 21 heavy (non-hydrogen) atoms. The highest BCUT2D eigenvalue weighted by atomic mass is 15.2. The molecule has 0 aliphatic carbocycles. The molecular weight excluding hydrogens is 258 g/mol. The molecule has 0 spiro atoms. The quantitative estimate of drug-likeness (QED) is 0.918. The van der Waals surface area contributed by atoms with Crippen LogP contribution < -0.4 is 5.73 Å². The van der Waals surface area contributed by atoms with Crippen LogP contribution in [0.4, 0.5) is 0 Å². The number of hydrogen-bond acceptors (Lipinski definition) is 3. The Morgan fingerprint density at radius 3 is 2.81 bits per heavy atom. The van der Waals surface area contributed by atoms with E-state index in [4.69, 9.17) is 5.73 Å². The lowest BCUT2D eigenvalue weighted by atomic mass is 9.89. The molecule has 2 N–H and O–H groups in total. The highest BCUT2D eigenvalue weighted by Crippen LogP contribution is 2.33. The van der Waals surface area contributed by atoms with Gasteiger partial charge in [-0.15, -0.1) is 0 Å². The highest BCUT2D eigenvalue weighted by molar-refractivity contribution is 5.79. The van der Waals surface area contributed by atoms with E-state index in [1.54, 1.807) is 0 Å². The van der Waals surface area contributed by atoms with Crippen LogP contribution in [-0.4, -0.2) is 28.5 Å². The van der Waals surface area contributed by atoms with Crippen molar-refractivity contribution in [1.29, 1.82) is 0 Å². The number of aryl methyl sites for hydroxylation is 1. The number of nitrogens with zero attached hydrogens (tertiary/aromatic N) is 2. The van der Waals surface area contributed by atoms with Crippen molar-refractivity contribution in [3.05, 3.63) is 41.6 Å². The third kappa shape index (κ3) is 2.81. The maximum atomic E-state index is 6.45. The summed E-state index contributed by atoms with van der Waals surface area (Å²) in [4.78, 5) is 7.13. The Bertz CT molecular complexity index is 635. The van der Waals surface area contributed by atoms with Gasteiger partial charge in [-0.1, -0.05) is 12.1 Å². The minimum Gasteiger partial charge on any atom is -0.326 e. The van der Waals surface area contributed by atoms with E-state index in [1.165, 1.54) is 17.4 Å². The van der Waals surface area contributed by atoms with Gasteiger partial charge in [0.2, 0.25) is 0 Å². The minimum atomic E-state index is 0.219. The van der Waals surface area contributed by atoms with Crippen molar-refractivity contribution >= 4 is 10.9 Å². The molecule has 1 aromatic carbocycles. The summed E-state index contributed by atoms with van der Waals surface area (Å²) in [6, 6.07) is 11.9. The van der Waals surface area contributed by atoms with Crippen LogP contribution in [0.15, 0.2) is 30.3 Å². The molecule has 2 aromatic rings. The van der Waals surface area contributed by atoms with Gasteiger partial charge >= 0.3 is 0 Å². The number of fused-ring (bicyclic) bond motifs is 1. The van der Waals surface area contributed by atoms with Crippen LogP contribution in [0.5, 0.6) is 0 Å². The Hall–Kier alpha value is -1.45. The van der Waals surface area contributed by atoms with E-state index in [-0.39, 0.29) is 6.04 Å². The number of benzene rings is 1. The Kier molecular flexibility index (Phi) is 3.96. The van der Waals surface area contributed by atoms with Gasteiger partial charge in [0.1, 0.15) is 0 Å². The van der Waals surface area contributed by atoms with E-state index in [1.807, 2.05) is 6.92 Å². The first-order valence-corrected chi connectivity index (χ1v) is 7.95. The third-order valence-electron chi connectivity index (χ3n) is 4.57. The minimum absolute atomic E-state index is 0.219. The predicted molar refractivity (Wildman–Crippen MR) is 88.3 cm³/mol. The molecule has 2 heterocycles. The van der Waals surface area contributed by atoms with Gasteiger partial charge in [0.15, 0.2) is 0 Å². The summed E-state index contributed by atoms with van der Waals surface area (Å²) in [6.07, 6.45) is 2.31. The molecule has 3 rings (SSSR count). The molecule has 1 aliphatic heterocycles. The van der Waals surface area contributed by atoms with Crippen LogP contribution >= 0.6 is 0 Å². The zero-order valence-corrected chi connectivity index (χ0v) is 13.2. The van der Waals surface area contributed by atoms with Crippen LogP contribution in [0.3, 0.4) is 0 Å². The maximum absolute atomic E-state index is 6.45. The first-order chi connectivity index (χ1) is 10.1. The third-order valence-corrected chi connectivity index (χ3v) is 4.57. The second-order valence-corrected chi connectivity index (χ2v) is 6.49. The van der Waals surface area contributed by atoms with Gasteiger partial charge in [-0.2, -0.15) is 0 Å². The lowest BCUT2D eigenvalue weighted by Crippen LogP contribution is -2.48. The first kappa shape index (κ1) is 14.5. The smallest absolute Gasteiger partial charge is 0.0705 e. The van der Waals surface area contributed by atoms with Crippen molar-refractivity contribution in [2.45, 2.75) is 51.7 Å². The van der Waals surface area contributed by atoms with Gasteiger partial charge in [-0.3, -0.25) is 9.88 Å². The van der Waals surface area contributed by atoms with Crippen molar-refractivity contribution in [3.63, 3.8) is 0 Å². The Balaban J connectivity index is 2.02. The zero-order valence-electron chi connectivity index (χ0n) is 13.2. The summed E-state index contributed by atoms with van der Waals surface area (Å²) in [5.41, 5.74) is 9.91. The number of rotatable bonds is 2. The lowest BCUT2D eigenvalue weighted by molar-refractivity contribution is 0.0948. The summed E-state index contributed by atoms with van der Waals surface area (Å²) in [7, 11) is 0. The molecule has 0 amide bonds. The van der Waals surface area contributed by atoms with Crippen molar-refractivity contribution in [2.75, 3.05) is 6.54 Å². The average Bonchev–Trinajstić information content (AvgIpc) is 2.46. The van der Waals surface area contributed by atoms with Crippen LogP contribution in [0.2, 0.25) is 0 Å². The van der Waals surface area contributed by atoms with E-state index >= 15 is 0 Å². The molecule has 0 bridgehead atoms. The molecule has 112 valence electrons. The molecule has 2 unspecified atom stereocenters. The predicted octanol–water partition coefficient (Wildman–Crippen LogP) is 3.42. The molecule has 1 aliphatic rings. The molecule has 0 radical (unpaired) electrons. The Morgan fingerprint density at radius 2 is 2.05 bits per heavy atom. The lowest BCUT2D eigenvalue weighted by Gasteiger charge is -2.42. The molecule has 1 aromatic heterocycles. The molecule has 0 saturated carbocycles. The van der Waals surface area contributed by atoms with Crippen molar-refractivity contribution in [3.8, 4) is 0 Å². The Morgan fingerprint density at radius 1 is 1.24 bits per heavy atom. The summed E-state index contributed by atoms with van der Waals surface area (Å²) in [6.45, 7) is 7.69. The van der Waals surface area contributed by atoms with Gasteiger partial charge < -0.3 is 5.73 Å². The number of pyridine rings is 1. The fourth-order valence-electron chi connectivity index (χ4n) is 3.50. The second-order valence-electron chi connectivity index (χ2n) is 6.49. The van der Waals surface area contributed by atoms with Gasteiger partial charge in [0.05, 0.1) is 11.6 Å². The van der Waals surface area contributed by atoms with Gasteiger partial charge in [0, 0.05) is 23.2 Å². The van der Waals surface area contributed by atoms with E-state index in [0.29, 0.717) is 12.1 Å². The van der Waals surface area contributed by atoms with Crippen molar-refractivity contribution in [2.24, 2.45) is 5.73 Å². The number of piperidine rings is 1. The SMILES string of the molecule is Cc1ccc2cc(C3C(N)CCCN3C(C)C)ccc2n1. The van der Waals surface area contributed by atoms with E-state index in [9.17, 15) is 0 Å². The molecule has 1 saturated heterocycles. The van der Waals surface area contributed by atoms with Crippen molar-refractivity contribution in [1.82, 2.24) is 9.88 Å². The maximum Gasteiger partial charge on any atom is 0.0705 e. The summed E-state index contributed by atoms with van der Waals surface area (Å²) < 4.78 is 0. The van der Waals surface area contributed by atoms with Crippen LogP contribution in [-0.2, 0) is 0 Å². The topological polar surface area (TPSA) is 42.1 Å². The first-order valence-electron chi connectivity index (χ1n) is 7.95. The van der Waals surface area contributed by atoms with Gasteiger partial charge in [-0.25, -0.2) is 0 Å². The van der Waals surface area contributed by atoms with Crippen LogP contribution in [0.25, 0.3) is 10.9 Å². The fraction of sp³-hybridized carbons (Fsp3) is 0.500. The largest absolute Gasteiger partial charge is 0.326 e. The fourth-order valence-corrected chi connectivity index (χ4v) is 3.50. The number of nitrogens with two attached hydrogens (primary N) is 1. The average molecular weight is 283 g/mol. The molecule has 3 nitrogen and oxygen atoms in total. The summed E-state index contributed by atoms with van der Waals surface area (Å²) >= 11 is 0. The normalized spacial score (nSPS) is 23.9. The van der Waals surface area contributed by atoms with Gasteiger partial charge in [0.25, 0.3) is 0 Å². The van der Waals surface area contributed by atoms with E-state index in [2.05, 4.69) is 54.1 Å². The number of hydrogen-bond donors (Lipinski definition) is 1.